The van der Waals surface area contributed by atoms with Gasteiger partial charge < -0.3 is 13.9 Å². The van der Waals surface area contributed by atoms with E-state index in [-0.39, 0.29) is 5.91 Å². The Kier molecular flexibility index (Phi) is 6.70. The Balaban J connectivity index is 1.66. The molecule has 0 aliphatic rings. The van der Waals surface area contributed by atoms with E-state index < -0.39 is 0 Å². The standard InChI is InChI=1S/C21H19IN2O4/c1-14-19(9-10-27-14)21(25)24-23-12-15-3-8-20(26-2)16(11-15)13-28-18-6-4-17(22)5-7-18/h3-12H,13H2,1-2H3,(H,24,25)/b23-12-. The number of methoxy groups -OCH3 is 1. The average molecular weight is 490 g/mol. The number of benzene rings is 2. The third kappa shape index (κ3) is 5.13. The molecule has 0 aliphatic heterocycles. The lowest BCUT2D eigenvalue weighted by atomic mass is 10.1. The van der Waals surface area contributed by atoms with E-state index in [0.717, 1.165) is 26.2 Å². The lowest BCUT2D eigenvalue weighted by Gasteiger charge is -2.11. The fourth-order valence-electron chi connectivity index (χ4n) is 2.53. The van der Waals surface area contributed by atoms with Crippen molar-refractivity contribution in [1.29, 1.82) is 0 Å². The number of furan rings is 1. The fourth-order valence-corrected chi connectivity index (χ4v) is 2.89. The number of aryl methyl sites for hydroxylation is 1. The molecule has 144 valence electrons. The number of hydrazone groups is 1. The number of halogens is 1. The molecule has 0 aliphatic carbocycles. The monoisotopic (exact) mass is 490 g/mol. The molecule has 2 aromatic carbocycles. The first-order valence-electron chi connectivity index (χ1n) is 8.49. The van der Waals surface area contributed by atoms with Gasteiger partial charge in [0.05, 0.1) is 25.2 Å². The molecule has 0 saturated heterocycles. The summed E-state index contributed by atoms with van der Waals surface area (Å²) >= 11 is 2.25. The zero-order valence-corrected chi connectivity index (χ0v) is 17.6. The second-order valence-corrected chi connectivity index (χ2v) is 7.15. The second-order valence-electron chi connectivity index (χ2n) is 5.90. The Morgan fingerprint density at radius 1 is 1.21 bits per heavy atom. The summed E-state index contributed by atoms with van der Waals surface area (Å²) in [5.41, 5.74) is 4.64. The summed E-state index contributed by atoms with van der Waals surface area (Å²) in [4.78, 5) is 12.0. The third-order valence-electron chi connectivity index (χ3n) is 4.00. The number of carbonyl (C=O) groups is 1. The molecule has 3 rings (SSSR count). The number of nitrogens with one attached hydrogen (secondary N) is 1. The summed E-state index contributed by atoms with van der Waals surface area (Å²) in [5, 5.41) is 4.01. The molecule has 28 heavy (non-hydrogen) atoms. The van der Waals surface area contributed by atoms with Crippen molar-refractivity contribution in [3.63, 3.8) is 0 Å². The first-order chi connectivity index (χ1) is 13.6. The first-order valence-corrected chi connectivity index (χ1v) is 9.57. The van der Waals surface area contributed by atoms with Crippen LogP contribution in [0.5, 0.6) is 11.5 Å². The Hall–Kier alpha value is -2.81. The van der Waals surface area contributed by atoms with Crippen molar-refractivity contribution in [1.82, 2.24) is 5.43 Å². The van der Waals surface area contributed by atoms with Gasteiger partial charge in [0.25, 0.3) is 5.91 Å². The maximum atomic E-state index is 12.0. The molecule has 6 nitrogen and oxygen atoms in total. The topological polar surface area (TPSA) is 73.1 Å². The van der Waals surface area contributed by atoms with Crippen LogP contribution in [0.3, 0.4) is 0 Å². The molecule has 1 aromatic heterocycles. The Morgan fingerprint density at radius 2 is 2.00 bits per heavy atom. The van der Waals surface area contributed by atoms with E-state index in [0.29, 0.717) is 17.9 Å². The zero-order chi connectivity index (χ0) is 19.9. The van der Waals surface area contributed by atoms with Gasteiger partial charge >= 0.3 is 0 Å². The molecule has 0 bridgehead atoms. The molecule has 7 heteroatoms. The Bertz CT molecular complexity index is 980. The number of carbonyl (C=O) groups excluding carboxylic acids is 1. The summed E-state index contributed by atoms with van der Waals surface area (Å²) in [6, 6.07) is 15.0. The number of amides is 1. The van der Waals surface area contributed by atoms with E-state index in [1.165, 1.54) is 6.26 Å². The smallest absolute Gasteiger partial charge is 0.274 e. The van der Waals surface area contributed by atoms with E-state index in [2.05, 4.69) is 33.1 Å². The quantitative estimate of drug-likeness (QED) is 0.300. The lowest BCUT2D eigenvalue weighted by molar-refractivity contribution is 0.0953. The molecule has 0 fully saturated rings. The molecular weight excluding hydrogens is 471 g/mol. The maximum absolute atomic E-state index is 12.0. The zero-order valence-electron chi connectivity index (χ0n) is 15.4. The van der Waals surface area contributed by atoms with Crippen LogP contribution >= 0.6 is 22.6 Å². The molecule has 0 unspecified atom stereocenters. The van der Waals surface area contributed by atoms with Gasteiger partial charge in [-0.1, -0.05) is 0 Å². The minimum atomic E-state index is -0.321. The van der Waals surface area contributed by atoms with Crippen LogP contribution < -0.4 is 14.9 Å². The van der Waals surface area contributed by atoms with E-state index >= 15 is 0 Å². The molecule has 0 spiro atoms. The van der Waals surface area contributed by atoms with Gasteiger partial charge in [0, 0.05) is 9.13 Å². The molecule has 1 amide bonds. The van der Waals surface area contributed by atoms with Crippen LogP contribution in [0.2, 0.25) is 0 Å². The highest BCUT2D eigenvalue weighted by atomic mass is 127. The minimum Gasteiger partial charge on any atom is -0.496 e. The Morgan fingerprint density at radius 3 is 2.68 bits per heavy atom. The normalized spacial score (nSPS) is 10.8. The molecule has 1 heterocycles. The van der Waals surface area contributed by atoms with Crippen molar-refractivity contribution in [2.75, 3.05) is 7.11 Å². The summed E-state index contributed by atoms with van der Waals surface area (Å²) in [7, 11) is 1.62. The molecule has 0 saturated carbocycles. The van der Waals surface area contributed by atoms with Crippen LogP contribution in [0.1, 0.15) is 27.2 Å². The number of nitrogens with zero attached hydrogens (tertiary/aromatic N) is 1. The number of rotatable bonds is 7. The molecule has 3 aromatic rings. The van der Waals surface area contributed by atoms with Crippen molar-refractivity contribution in [3.8, 4) is 11.5 Å². The number of hydrogen-bond acceptors (Lipinski definition) is 5. The predicted molar refractivity (Wildman–Crippen MR) is 115 cm³/mol. The van der Waals surface area contributed by atoms with Crippen LogP contribution in [-0.4, -0.2) is 19.2 Å². The summed E-state index contributed by atoms with van der Waals surface area (Å²) in [6.07, 6.45) is 3.04. The minimum absolute atomic E-state index is 0.321. The second kappa shape index (κ2) is 9.41. The largest absolute Gasteiger partial charge is 0.496 e. The number of hydrogen-bond donors (Lipinski definition) is 1. The van der Waals surface area contributed by atoms with Crippen molar-refractivity contribution in [2.24, 2.45) is 5.10 Å². The van der Waals surface area contributed by atoms with Gasteiger partial charge in [-0.3, -0.25) is 4.79 Å². The predicted octanol–water partition coefficient (Wildman–Crippen LogP) is 4.54. The maximum Gasteiger partial charge on any atom is 0.274 e. The van der Waals surface area contributed by atoms with Crippen molar-refractivity contribution >= 4 is 34.7 Å². The van der Waals surface area contributed by atoms with Gasteiger partial charge in [-0.15, -0.1) is 0 Å². The third-order valence-corrected chi connectivity index (χ3v) is 4.71. The van der Waals surface area contributed by atoms with Gasteiger partial charge in [-0.25, -0.2) is 5.43 Å². The van der Waals surface area contributed by atoms with E-state index in [4.69, 9.17) is 13.9 Å². The van der Waals surface area contributed by atoms with Crippen LogP contribution in [0.15, 0.2) is 64.3 Å². The van der Waals surface area contributed by atoms with Crippen LogP contribution in [0, 0.1) is 10.5 Å². The van der Waals surface area contributed by atoms with Gasteiger partial charge in [0.15, 0.2) is 0 Å². The van der Waals surface area contributed by atoms with Crippen LogP contribution in [0.25, 0.3) is 0 Å². The van der Waals surface area contributed by atoms with E-state index in [1.54, 1.807) is 26.3 Å². The fraction of sp³-hybridized carbons (Fsp3) is 0.143. The summed E-state index contributed by atoms with van der Waals surface area (Å²) in [6.45, 7) is 2.08. The van der Waals surface area contributed by atoms with Gasteiger partial charge in [0.2, 0.25) is 0 Å². The van der Waals surface area contributed by atoms with Gasteiger partial charge in [-0.2, -0.15) is 5.10 Å². The van der Waals surface area contributed by atoms with Gasteiger partial charge in [0.1, 0.15) is 23.9 Å². The molecule has 1 N–H and O–H groups in total. The van der Waals surface area contributed by atoms with E-state index in [1.807, 2.05) is 42.5 Å². The summed E-state index contributed by atoms with van der Waals surface area (Å²) < 4.78 is 17.5. The summed E-state index contributed by atoms with van der Waals surface area (Å²) in [5.74, 6) is 1.73. The highest BCUT2D eigenvalue weighted by Crippen LogP contribution is 2.22. The lowest BCUT2D eigenvalue weighted by Crippen LogP contribution is -2.17. The first kappa shape index (κ1) is 19.9. The average Bonchev–Trinajstić information content (AvgIpc) is 3.13. The highest BCUT2D eigenvalue weighted by Gasteiger charge is 2.10. The molecular formula is C21H19IN2O4. The van der Waals surface area contributed by atoms with Crippen LogP contribution in [0.4, 0.5) is 0 Å². The van der Waals surface area contributed by atoms with Crippen LogP contribution in [-0.2, 0) is 6.61 Å². The van der Waals surface area contributed by atoms with Crippen molar-refractivity contribution < 1.29 is 18.7 Å². The molecule has 0 atom stereocenters. The Labute approximate surface area is 176 Å². The molecule has 0 radical (unpaired) electrons. The van der Waals surface area contributed by atoms with Crippen molar-refractivity contribution in [3.05, 3.63) is 80.8 Å². The van der Waals surface area contributed by atoms with Gasteiger partial charge in [-0.05, 0) is 83.6 Å². The van der Waals surface area contributed by atoms with Crippen molar-refractivity contribution in [2.45, 2.75) is 13.5 Å². The highest BCUT2D eigenvalue weighted by molar-refractivity contribution is 14.1. The SMILES string of the molecule is COc1ccc(/C=N\NC(=O)c2ccoc2C)cc1COc1ccc(I)cc1. The van der Waals surface area contributed by atoms with E-state index in [9.17, 15) is 4.79 Å². The number of ether oxygens (including phenoxy) is 2.